The second-order valence-electron chi connectivity index (χ2n) is 7.68. The molecule has 0 bridgehead atoms. The first-order chi connectivity index (χ1) is 17.9. The number of nitrogens with zero attached hydrogens (tertiary/aromatic N) is 1. The lowest BCUT2D eigenvalue weighted by Crippen LogP contribution is -2.24. The Morgan fingerprint density at radius 2 is 1.68 bits per heavy atom. The molecule has 0 heterocycles. The minimum atomic E-state index is -0.660. The van der Waals surface area contributed by atoms with Gasteiger partial charge in [0.25, 0.3) is 5.91 Å². The molecule has 8 nitrogen and oxygen atoms in total. The summed E-state index contributed by atoms with van der Waals surface area (Å²) in [6.45, 7) is 2.55. The van der Waals surface area contributed by atoms with Gasteiger partial charge in [-0.25, -0.2) is 10.2 Å². The number of unbranched alkanes of at least 4 members (excludes halogenated alkanes) is 1. The highest BCUT2D eigenvalue weighted by Crippen LogP contribution is 2.30. The number of halogens is 2. The van der Waals surface area contributed by atoms with Crippen LogP contribution in [0.5, 0.6) is 23.0 Å². The summed E-state index contributed by atoms with van der Waals surface area (Å²) in [7, 11) is 1.44. The maximum atomic E-state index is 12.5. The summed E-state index contributed by atoms with van der Waals surface area (Å²) in [5.41, 5.74) is 3.16. The molecule has 3 rings (SSSR count). The molecule has 3 aromatic carbocycles. The van der Waals surface area contributed by atoms with Crippen LogP contribution < -0.4 is 24.4 Å². The zero-order chi connectivity index (χ0) is 26.6. The Morgan fingerprint density at radius 1 is 0.946 bits per heavy atom. The normalized spacial score (nSPS) is 10.7. The molecule has 0 aromatic heterocycles. The van der Waals surface area contributed by atoms with Crippen LogP contribution in [0, 0.1) is 0 Å². The molecule has 3 aromatic rings. The number of esters is 1. The molecule has 0 saturated heterocycles. The second-order valence-corrected chi connectivity index (χ2v) is 8.52. The molecule has 0 aliphatic carbocycles. The van der Waals surface area contributed by atoms with Gasteiger partial charge in [0, 0.05) is 5.02 Å². The van der Waals surface area contributed by atoms with Gasteiger partial charge in [-0.15, -0.1) is 0 Å². The number of carbonyl (C=O) groups is 2. The van der Waals surface area contributed by atoms with E-state index < -0.39 is 11.9 Å². The van der Waals surface area contributed by atoms with Crippen molar-refractivity contribution in [2.75, 3.05) is 20.3 Å². The van der Waals surface area contributed by atoms with Gasteiger partial charge in [-0.2, -0.15) is 5.10 Å². The molecule has 0 aliphatic heterocycles. The fraction of sp³-hybridized carbons (Fsp3) is 0.222. The van der Waals surface area contributed by atoms with E-state index in [4.69, 9.17) is 42.1 Å². The Kier molecular flexibility index (Phi) is 10.6. The number of methoxy groups -OCH3 is 1. The van der Waals surface area contributed by atoms with E-state index in [2.05, 4.69) is 17.5 Å². The summed E-state index contributed by atoms with van der Waals surface area (Å²) in [6.07, 6.45) is 3.47. The predicted octanol–water partition coefficient (Wildman–Crippen LogP) is 5.93. The van der Waals surface area contributed by atoms with Gasteiger partial charge < -0.3 is 18.9 Å². The lowest BCUT2D eigenvalue weighted by molar-refractivity contribution is -0.123. The summed E-state index contributed by atoms with van der Waals surface area (Å²) >= 11 is 11.9. The SMILES string of the molecule is CCCCOc1ccc(OCC(=O)NN=Cc2ccc(OC(=O)c3ccc(Cl)cc3Cl)c(OC)c2)cc1. The van der Waals surface area contributed by atoms with E-state index in [0.29, 0.717) is 28.7 Å². The lowest BCUT2D eigenvalue weighted by atomic mass is 10.2. The molecule has 0 fully saturated rings. The topological polar surface area (TPSA) is 95.5 Å². The van der Waals surface area contributed by atoms with Gasteiger partial charge in [0.1, 0.15) is 11.5 Å². The number of hydrazone groups is 1. The second kappa shape index (κ2) is 14.1. The van der Waals surface area contributed by atoms with Crippen molar-refractivity contribution in [1.29, 1.82) is 0 Å². The van der Waals surface area contributed by atoms with Gasteiger partial charge in [0.05, 0.1) is 30.5 Å². The van der Waals surface area contributed by atoms with E-state index in [-0.39, 0.29) is 22.9 Å². The van der Waals surface area contributed by atoms with Crippen molar-refractivity contribution in [3.05, 3.63) is 81.8 Å². The number of benzene rings is 3. The van der Waals surface area contributed by atoms with Crippen LogP contribution in [0.3, 0.4) is 0 Å². The van der Waals surface area contributed by atoms with E-state index in [1.54, 1.807) is 48.5 Å². The van der Waals surface area contributed by atoms with Crippen molar-refractivity contribution >= 4 is 41.3 Å². The van der Waals surface area contributed by atoms with E-state index in [1.807, 2.05) is 0 Å². The minimum Gasteiger partial charge on any atom is -0.494 e. The Morgan fingerprint density at radius 3 is 2.35 bits per heavy atom. The standard InChI is InChI=1S/C27H26Cl2N2O6/c1-3-4-13-35-20-7-9-21(10-8-20)36-17-26(32)31-30-16-18-5-12-24(25(14-18)34-2)37-27(33)22-11-6-19(28)15-23(22)29/h5-12,14-16H,3-4,13,17H2,1-2H3,(H,31,32). The Balaban J connectivity index is 1.50. The first kappa shape index (κ1) is 27.8. The Bertz CT molecular complexity index is 1250. The zero-order valence-corrected chi connectivity index (χ0v) is 21.8. The molecule has 0 radical (unpaired) electrons. The summed E-state index contributed by atoms with van der Waals surface area (Å²) in [5, 5.41) is 4.51. The molecule has 0 saturated carbocycles. The van der Waals surface area contributed by atoms with E-state index in [1.165, 1.54) is 25.5 Å². The average molecular weight is 545 g/mol. The summed E-state index contributed by atoms with van der Waals surface area (Å²) in [4.78, 5) is 24.5. The van der Waals surface area contributed by atoms with Gasteiger partial charge in [-0.05, 0) is 72.6 Å². The number of carbonyl (C=O) groups excluding carboxylic acids is 2. The molecule has 1 N–H and O–H groups in total. The summed E-state index contributed by atoms with van der Waals surface area (Å²) in [6, 6.07) is 16.3. The fourth-order valence-electron chi connectivity index (χ4n) is 2.99. The highest BCUT2D eigenvalue weighted by molar-refractivity contribution is 6.36. The molecule has 1 amide bonds. The third kappa shape index (κ3) is 8.70. The average Bonchev–Trinajstić information content (AvgIpc) is 2.89. The van der Waals surface area contributed by atoms with Crippen molar-refractivity contribution in [1.82, 2.24) is 5.43 Å². The molecule has 0 atom stereocenters. The number of amides is 1. The number of hydrogen-bond donors (Lipinski definition) is 1. The maximum Gasteiger partial charge on any atom is 0.345 e. The van der Waals surface area contributed by atoms with Crippen molar-refractivity contribution < 1.29 is 28.5 Å². The van der Waals surface area contributed by atoms with Crippen LogP contribution in [0.25, 0.3) is 0 Å². The van der Waals surface area contributed by atoms with Gasteiger partial charge in [0.15, 0.2) is 18.1 Å². The van der Waals surface area contributed by atoms with E-state index in [9.17, 15) is 9.59 Å². The lowest BCUT2D eigenvalue weighted by Gasteiger charge is -2.10. The van der Waals surface area contributed by atoms with Crippen LogP contribution >= 0.6 is 23.2 Å². The number of nitrogens with one attached hydrogen (secondary N) is 1. The third-order valence-electron chi connectivity index (χ3n) is 4.90. The number of rotatable bonds is 12. The van der Waals surface area contributed by atoms with Crippen LogP contribution in [0.2, 0.25) is 10.0 Å². The van der Waals surface area contributed by atoms with Crippen molar-refractivity contribution in [2.24, 2.45) is 5.10 Å². The van der Waals surface area contributed by atoms with E-state index >= 15 is 0 Å². The van der Waals surface area contributed by atoms with E-state index in [0.717, 1.165) is 18.6 Å². The molecular formula is C27H26Cl2N2O6. The van der Waals surface area contributed by atoms with Gasteiger partial charge in [0.2, 0.25) is 0 Å². The molecule has 0 spiro atoms. The Labute approximate surface area is 225 Å². The van der Waals surface area contributed by atoms with Crippen LogP contribution in [-0.4, -0.2) is 38.4 Å². The van der Waals surface area contributed by atoms with Gasteiger partial charge in [-0.1, -0.05) is 36.5 Å². The van der Waals surface area contributed by atoms with Crippen LogP contribution in [0.4, 0.5) is 0 Å². The number of ether oxygens (including phenoxy) is 4. The quantitative estimate of drug-likeness (QED) is 0.0997. The van der Waals surface area contributed by atoms with Gasteiger partial charge >= 0.3 is 5.97 Å². The highest BCUT2D eigenvalue weighted by atomic mass is 35.5. The van der Waals surface area contributed by atoms with Crippen LogP contribution in [0.15, 0.2) is 65.8 Å². The largest absolute Gasteiger partial charge is 0.494 e. The minimum absolute atomic E-state index is 0.167. The summed E-state index contributed by atoms with van der Waals surface area (Å²) < 4.78 is 21.8. The van der Waals surface area contributed by atoms with Crippen molar-refractivity contribution in [3.63, 3.8) is 0 Å². The van der Waals surface area contributed by atoms with Crippen molar-refractivity contribution in [3.8, 4) is 23.0 Å². The summed E-state index contributed by atoms with van der Waals surface area (Å²) in [5.74, 6) is 0.676. The first-order valence-corrected chi connectivity index (χ1v) is 12.2. The molecule has 10 heteroatoms. The monoisotopic (exact) mass is 544 g/mol. The van der Waals surface area contributed by atoms with Crippen LogP contribution in [-0.2, 0) is 4.79 Å². The first-order valence-electron chi connectivity index (χ1n) is 11.4. The predicted molar refractivity (Wildman–Crippen MR) is 142 cm³/mol. The fourth-order valence-corrected chi connectivity index (χ4v) is 3.47. The number of hydrogen-bond acceptors (Lipinski definition) is 7. The Hall–Kier alpha value is -3.75. The van der Waals surface area contributed by atoms with Gasteiger partial charge in [-0.3, -0.25) is 4.79 Å². The van der Waals surface area contributed by atoms with Crippen LogP contribution in [0.1, 0.15) is 35.7 Å². The highest BCUT2D eigenvalue weighted by Gasteiger charge is 2.16. The smallest absolute Gasteiger partial charge is 0.345 e. The molecule has 0 aliphatic rings. The maximum absolute atomic E-state index is 12.5. The zero-order valence-electron chi connectivity index (χ0n) is 20.3. The molecule has 194 valence electrons. The molecule has 37 heavy (non-hydrogen) atoms. The molecular weight excluding hydrogens is 519 g/mol. The third-order valence-corrected chi connectivity index (χ3v) is 5.45. The van der Waals surface area contributed by atoms with Crippen molar-refractivity contribution in [2.45, 2.75) is 19.8 Å². The molecule has 0 unspecified atom stereocenters.